The van der Waals surface area contributed by atoms with Gasteiger partial charge < -0.3 is 4.90 Å². The third kappa shape index (κ3) is 2.68. The Morgan fingerprint density at radius 3 is 3.18 bits per heavy atom. The van der Waals surface area contributed by atoms with Gasteiger partial charge >= 0.3 is 0 Å². The molecule has 4 rings (SSSR count). The highest BCUT2D eigenvalue weighted by atomic mass is 32.1. The highest BCUT2D eigenvalue weighted by Crippen LogP contribution is 2.25. The van der Waals surface area contributed by atoms with E-state index in [1.165, 1.54) is 17.8 Å². The maximum absolute atomic E-state index is 4.61. The average molecular weight is 314 g/mol. The van der Waals surface area contributed by atoms with Crippen LogP contribution in [0.25, 0.3) is 11.0 Å². The number of hydrogen-bond donors (Lipinski definition) is 1. The number of nitrogens with one attached hydrogen (secondary N) is 1. The molecule has 1 unspecified atom stereocenters. The van der Waals surface area contributed by atoms with Crippen molar-refractivity contribution < 1.29 is 0 Å². The van der Waals surface area contributed by atoms with Crippen LogP contribution in [0.4, 0.5) is 5.95 Å². The molecule has 1 atom stereocenters. The van der Waals surface area contributed by atoms with Crippen LogP contribution in [0.5, 0.6) is 0 Å². The Morgan fingerprint density at radius 1 is 1.36 bits per heavy atom. The van der Waals surface area contributed by atoms with Crippen LogP contribution in [0.1, 0.15) is 23.5 Å². The summed E-state index contributed by atoms with van der Waals surface area (Å²) < 4.78 is 0. The fourth-order valence-corrected chi connectivity index (χ4v) is 3.93. The SMILES string of the molecule is Cc1csc(CC2CCCN(c3ncc4[nH]ncc4n3)C2)n1. The molecule has 0 bridgehead atoms. The van der Waals surface area contributed by atoms with Gasteiger partial charge in [-0.15, -0.1) is 11.3 Å². The normalized spacial score (nSPS) is 19.0. The molecule has 0 aromatic carbocycles. The van der Waals surface area contributed by atoms with Crippen LogP contribution >= 0.6 is 11.3 Å². The van der Waals surface area contributed by atoms with E-state index in [2.05, 4.69) is 42.4 Å². The highest BCUT2D eigenvalue weighted by molar-refractivity contribution is 7.09. The average Bonchev–Trinajstić information content (AvgIpc) is 3.15. The Labute approximate surface area is 132 Å². The molecule has 3 aromatic heterocycles. The van der Waals surface area contributed by atoms with E-state index in [-0.39, 0.29) is 0 Å². The fraction of sp³-hybridized carbons (Fsp3) is 0.467. The van der Waals surface area contributed by atoms with Gasteiger partial charge in [0, 0.05) is 30.6 Å². The van der Waals surface area contributed by atoms with Crippen molar-refractivity contribution in [3.63, 3.8) is 0 Å². The van der Waals surface area contributed by atoms with Crippen molar-refractivity contribution in [2.24, 2.45) is 5.92 Å². The lowest BCUT2D eigenvalue weighted by Gasteiger charge is -2.32. The van der Waals surface area contributed by atoms with Gasteiger partial charge in [-0.1, -0.05) is 0 Å². The number of aromatic nitrogens is 5. The van der Waals surface area contributed by atoms with Gasteiger partial charge in [0.25, 0.3) is 0 Å². The van der Waals surface area contributed by atoms with Crippen LogP contribution in [-0.4, -0.2) is 38.2 Å². The van der Waals surface area contributed by atoms with Crippen molar-refractivity contribution >= 4 is 28.3 Å². The minimum absolute atomic E-state index is 0.628. The molecule has 7 heteroatoms. The van der Waals surface area contributed by atoms with Crippen molar-refractivity contribution in [1.82, 2.24) is 25.1 Å². The Morgan fingerprint density at radius 2 is 2.32 bits per heavy atom. The Kier molecular flexibility index (Phi) is 3.49. The van der Waals surface area contributed by atoms with Crippen LogP contribution < -0.4 is 4.90 Å². The maximum Gasteiger partial charge on any atom is 0.226 e. The maximum atomic E-state index is 4.61. The third-order valence-corrected chi connectivity index (χ3v) is 5.10. The minimum atomic E-state index is 0.628. The van der Waals surface area contributed by atoms with Gasteiger partial charge in [0.05, 0.1) is 17.4 Å². The number of fused-ring (bicyclic) bond motifs is 1. The molecule has 22 heavy (non-hydrogen) atoms. The second-order valence-electron chi connectivity index (χ2n) is 5.88. The molecule has 1 aliphatic rings. The van der Waals surface area contributed by atoms with Crippen molar-refractivity contribution in [3.8, 4) is 0 Å². The molecule has 6 nitrogen and oxygen atoms in total. The number of nitrogens with zero attached hydrogens (tertiary/aromatic N) is 5. The number of aromatic amines is 1. The van der Waals surface area contributed by atoms with Gasteiger partial charge in [-0.05, 0) is 25.7 Å². The molecule has 0 amide bonds. The van der Waals surface area contributed by atoms with Crippen LogP contribution in [0.2, 0.25) is 0 Å². The summed E-state index contributed by atoms with van der Waals surface area (Å²) in [5.41, 5.74) is 2.89. The van der Waals surface area contributed by atoms with Gasteiger partial charge in [0.1, 0.15) is 11.0 Å². The van der Waals surface area contributed by atoms with Gasteiger partial charge in [-0.2, -0.15) is 5.10 Å². The van der Waals surface area contributed by atoms with Crippen LogP contribution in [0.15, 0.2) is 17.8 Å². The lowest BCUT2D eigenvalue weighted by atomic mass is 9.95. The molecule has 0 spiro atoms. The van der Waals surface area contributed by atoms with Crippen molar-refractivity contribution in [1.29, 1.82) is 0 Å². The number of H-pyrrole nitrogens is 1. The zero-order chi connectivity index (χ0) is 14.9. The molecule has 1 saturated heterocycles. The number of thiazole rings is 1. The van der Waals surface area contributed by atoms with Crippen LogP contribution in [0, 0.1) is 12.8 Å². The third-order valence-electron chi connectivity index (χ3n) is 4.11. The second-order valence-corrected chi connectivity index (χ2v) is 6.82. The molecular weight excluding hydrogens is 296 g/mol. The Bertz CT molecular complexity index is 779. The van der Waals surface area contributed by atoms with E-state index in [0.29, 0.717) is 5.92 Å². The number of piperidine rings is 1. The standard InChI is InChI=1S/C15H18N6S/c1-10-9-22-14(18-10)5-11-3-2-4-21(8-11)15-16-6-13-12(19-15)7-17-20-13/h6-7,9,11H,2-5,8H2,1H3,(H,17,20). The fourth-order valence-electron chi connectivity index (χ4n) is 3.04. The van der Waals surface area contributed by atoms with E-state index in [0.717, 1.165) is 42.2 Å². The lowest BCUT2D eigenvalue weighted by molar-refractivity contribution is 0.409. The number of hydrogen-bond acceptors (Lipinski definition) is 6. The first-order valence-corrected chi connectivity index (χ1v) is 8.48. The quantitative estimate of drug-likeness (QED) is 0.804. The molecule has 0 aliphatic carbocycles. The summed E-state index contributed by atoms with van der Waals surface area (Å²) in [5.74, 6) is 1.44. The second kappa shape index (κ2) is 5.64. The van der Waals surface area contributed by atoms with E-state index in [1.54, 1.807) is 17.5 Å². The van der Waals surface area contributed by atoms with E-state index in [1.807, 2.05) is 6.20 Å². The molecule has 0 saturated carbocycles. The molecule has 4 heterocycles. The minimum Gasteiger partial charge on any atom is -0.341 e. The van der Waals surface area contributed by atoms with Crippen molar-refractivity contribution in [2.75, 3.05) is 18.0 Å². The molecule has 1 aliphatic heterocycles. The van der Waals surface area contributed by atoms with Crippen LogP contribution in [0.3, 0.4) is 0 Å². The highest BCUT2D eigenvalue weighted by Gasteiger charge is 2.23. The monoisotopic (exact) mass is 314 g/mol. The first-order chi connectivity index (χ1) is 10.8. The van der Waals surface area contributed by atoms with Gasteiger partial charge in [0.15, 0.2) is 0 Å². The van der Waals surface area contributed by atoms with Crippen molar-refractivity contribution in [3.05, 3.63) is 28.5 Å². The summed E-state index contributed by atoms with van der Waals surface area (Å²) in [4.78, 5) is 16.0. The number of rotatable bonds is 3. The predicted octanol–water partition coefficient (Wildman–Crippen LogP) is 2.58. The molecule has 1 fully saturated rings. The molecule has 1 N–H and O–H groups in total. The Hall–Kier alpha value is -2.02. The largest absolute Gasteiger partial charge is 0.341 e. The van der Waals surface area contributed by atoms with E-state index in [4.69, 9.17) is 0 Å². The number of anilines is 1. The molecule has 3 aromatic rings. The summed E-state index contributed by atoms with van der Waals surface area (Å²) >= 11 is 1.77. The zero-order valence-electron chi connectivity index (χ0n) is 12.5. The topological polar surface area (TPSA) is 70.6 Å². The number of aryl methyl sites for hydroxylation is 1. The Balaban J connectivity index is 1.50. The summed E-state index contributed by atoms with van der Waals surface area (Å²) in [6.07, 6.45) is 7.06. The van der Waals surface area contributed by atoms with Crippen molar-refractivity contribution in [2.45, 2.75) is 26.2 Å². The summed E-state index contributed by atoms with van der Waals surface area (Å²) in [5, 5.41) is 10.3. The van der Waals surface area contributed by atoms with E-state index >= 15 is 0 Å². The van der Waals surface area contributed by atoms with Crippen LogP contribution in [-0.2, 0) is 6.42 Å². The summed E-state index contributed by atoms with van der Waals surface area (Å²) in [6.45, 7) is 4.08. The van der Waals surface area contributed by atoms with E-state index < -0.39 is 0 Å². The lowest BCUT2D eigenvalue weighted by Crippen LogP contribution is -2.37. The predicted molar refractivity (Wildman–Crippen MR) is 87.2 cm³/mol. The smallest absolute Gasteiger partial charge is 0.226 e. The molecule has 0 radical (unpaired) electrons. The summed E-state index contributed by atoms with van der Waals surface area (Å²) in [7, 11) is 0. The first kappa shape index (κ1) is 13.6. The van der Waals surface area contributed by atoms with Gasteiger partial charge in [-0.3, -0.25) is 5.10 Å². The molecular formula is C15H18N6S. The van der Waals surface area contributed by atoms with Gasteiger partial charge in [0.2, 0.25) is 5.95 Å². The molecule has 114 valence electrons. The zero-order valence-corrected chi connectivity index (χ0v) is 13.3. The first-order valence-electron chi connectivity index (χ1n) is 7.60. The van der Waals surface area contributed by atoms with Gasteiger partial charge in [-0.25, -0.2) is 15.0 Å². The summed E-state index contributed by atoms with van der Waals surface area (Å²) in [6, 6.07) is 0. The van der Waals surface area contributed by atoms with E-state index in [9.17, 15) is 0 Å².